The number of halogens is 2. The quantitative estimate of drug-likeness (QED) is 0.689. The van der Waals surface area contributed by atoms with Crippen molar-refractivity contribution >= 4 is 29.3 Å². The van der Waals surface area contributed by atoms with Crippen LogP contribution < -0.4 is 4.87 Å². The molecule has 0 radical (unpaired) electrons. The van der Waals surface area contributed by atoms with Crippen LogP contribution in [0.25, 0.3) is 16.7 Å². The Morgan fingerprint density at radius 1 is 1.07 bits per heavy atom. The molecular formula is C21H15F2N3O2S. The lowest BCUT2D eigenvalue weighted by atomic mass is 9.95. The normalized spacial score (nSPS) is 12.7. The van der Waals surface area contributed by atoms with Crippen LogP contribution in [0.15, 0.2) is 63.0 Å². The second-order valence-electron chi connectivity index (χ2n) is 6.32. The molecule has 1 aliphatic rings. The van der Waals surface area contributed by atoms with Crippen molar-refractivity contribution in [3.8, 4) is 17.0 Å². The lowest BCUT2D eigenvalue weighted by Gasteiger charge is -2.11. The second kappa shape index (κ2) is 7.56. The van der Waals surface area contributed by atoms with Gasteiger partial charge >= 0.3 is 4.87 Å². The maximum atomic E-state index is 13.7. The summed E-state index contributed by atoms with van der Waals surface area (Å²) in [6, 6.07) is 10.3. The Balaban J connectivity index is 1.92. The Kier molecular flexibility index (Phi) is 4.94. The zero-order valence-corrected chi connectivity index (χ0v) is 16.1. The zero-order valence-electron chi connectivity index (χ0n) is 15.3. The van der Waals surface area contributed by atoms with Crippen LogP contribution in [0.2, 0.25) is 0 Å². The summed E-state index contributed by atoms with van der Waals surface area (Å²) in [5.74, 6) is -1.48. The Morgan fingerprint density at radius 3 is 2.38 bits per heavy atom. The van der Waals surface area contributed by atoms with E-state index in [0.717, 1.165) is 17.4 Å². The minimum Gasteiger partial charge on any atom is -0.493 e. The van der Waals surface area contributed by atoms with Crippen molar-refractivity contribution in [2.75, 3.05) is 0 Å². The monoisotopic (exact) mass is 411 g/mol. The molecule has 0 saturated carbocycles. The van der Waals surface area contributed by atoms with E-state index in [9.17, 15) is 18.7 Å². The van der Waals surface area contributed by atoms with Gasteiger partial charge in [-0.2, -0.15) is 10.2 Å². The Bertz CT molecular complexity index is 1220. The first-order valence-corrected chi connectivity index (χ1v) is 9.60. The van der Waals surface area contributed by atoms with E-state index in [0.29, 0.717) is 39.3 Å². The average Bonchev–Trinajstić information content (AvgIpc) is 3.30. The van der Waals surface area contributed by atoms with Gasteiger partial charge in [-0.3, -0.25) is 9.36 Å². The molecule has 3 aromatic rings. The van der Waals surface area contributed by atoms with Crippen LogP contribution in [-0.2, 0) is 6.54 Å². The molecule has 5 nitrogen and oxygen atoms in total. The van der Waals surface area contributed by atoms with Gasteiger partial charge in [-0.1, -0.05) is 29.5 Å². The molecule has 0 amide bonds. The number of rotatable bonds is 4. The molecule has 1 N–H and O–H groups in total. The highest BCUT2D eigenvalue weighted by Crippen LogP contribution is 2.36. The fraction of sp³-hybridized carbons (Fsp3) is 0.0952. The molecule has 1 aliphatic heterocycles. The molecule has 4 rings (SSSR count). The van der Waals surface area contributed by atoms with Gasteiger partial charge in [-0.25, -0.2) is 8.78 Å². The molecule has 1 aromatic heterocycles. The first-order valence-electron chi connectivity index (χ1n) is 8.78. The topological polar surface area (TPSA) is 66.9 Å². The molecule has 0 atom stereocenters. The first kappa shape index (κ1) is 18.9. The number of allylic oxidation sites excluding steroid dienone is 1. The number of nitrogens with zero attached hydrogens (tertiary/aromatic N) is 3. The maximum absolute atomic E-state index is 13.7. The van der Waals surface area contributed by atoms with E-state index in [-0.39, 0.29) is 10.8 Å². The molecule has 0 bridgehead atoms. The molecular weight excluding hydrogens is 396 g/mol. The Hall–Kier alpha value is -3.39. The van der Waals surface area contributed by atoms with E-state index < -0.39 is 11.6 Å². The summed E-state index contributed by atoms with van der Waals surface area (Å²) in [5, 5.41) is 18.3. The van der Waals surface area contributed by atoms with Gasteiger partial charge in [0.2, 0.25) is 5.88 Å². The maximum Gasteiger partial charge on any atom is 0.310 e. The highest BCUT2D eigenvalue weighted by molar-refractivity contribution is 7.11. The first-order chi connectivity index (χ1) is 14.0. The van der Waals surface area contributed by atoms with Crippen molar-refractivity contribution in [2.24, 2.45) is 10.2 Å². The largest absolute Gasteiger partial charge is 0.493 e. The van der Waals surface area contributed by atoms with Gasteiger partial charge in [0.15, 0.2) is 0 Å². The van der Waals surface area contributed by atoms with E-state index in [1.54, 1.807) is 31.2 Å². The van der Waals surface area contributed by atoms with Crippen LogP contribution in [0.4, 0.5) is 8.78 Å². The van der Waals surface area contributed by atoms with Crippen molar-refractivity contribution in [2.45, 2.75) is 13.5 Å². The summed E-state index contributed by atoms with van der Waals surface area (Å²) in [6.07, 6.45) is 3.06. The highest BCUT2D eigenvalue weighted by Gasteiger charge is 2.22. The van der Waals surface area contributed by atoms with E-state index >= 15 is 0 Å². The Morgan fingerprint density at radius 2 is 1.76 bits per heavy atom. The van der Waals surface area contributed by atoms with E-state index in [1.807, 2.05) is 0 Å². The van der Waals surface area contributed by atoms with Crippen molar-refractivity contribution in [1.29, 1.82) is 0 Å². The summed E-state index contributed by atoms with van der Waals surface area (Å²) in [5.41, 5.74) is 2.81. The van der Waals surface area contributed by atoms with Crippen LogP contribution >= 0.6 is 11.3 Å². The molecule has 2 aromatic carbocycles. The zero-order chi connectivity index (χ0) is 20.5. The third kappa shape index (κ3) is 3.54. The van der Waals surface area contributed by atoms with Crippen LogP contribution in [-0.4, -0.2) is 22.1 Å². The van der Waals surface area contributed by atoms with Crippen molar-refractivity contribution < 1.29 is 13.9 Å². The van der Waals surface area contributed by atoms with E-state index in [1.165, 1.54) is 29.1 Å². The van der Waals surface area contributed by atoms with Crippen molar-refractivity contribution in [3.05, 3.63) is 79.8 Å². The molecule has 29 heavy (non-hydrogen) atoms. The van der Waals surface area contributed by atoms with Gasteiger partial charge < -0.3 is 5.11 Å². The Labute approximate surface area is 168 Å². The molecule has 8 heteroatoms. The minimum absolute atomic E-state index is 0.138. The fourth-order valence-electron chi connectivity index (χ4n) is 3.20. The number of thiazole rings is 1. The lowest BCUT2D eigenvalue weighted by Crippen LogP contribution is -2.10. The summed E-state index contributed by atoms with van der Waals surface area (Å²) in [7, 11) is 0. The molecule has 0 saturated heterocycles. The van der Waals surface area contributed by atoms with Gasteiger partial charge in [0.1, 0.15) is 16.5 Å². The van der Waals surface area contributed by atoms with Gasteiger partial charge in [-0.05, 0) is 41.8 Å². The van der Waals surface area contributed by atoms with Crippen molar-refractivity contribution in [1.82, 2.24) is 4.57 Å². The van der Waals surface area contributed by atoms with Crippen LogP contribution in [0.5, 0.6) is 5.88 Å². The average molecular weight is 411 g/mol. The number of aromatic nitrogens is 1. The van der Waals surface area contributed by atoms with Gasteiger partial charge in [0, 0.05) is 23.8 Å². The molecule has 0 fully saturated rings. The summed E-state index contributed by atoms with van der Waals surface area (Å²) in [4.78, 5) is 12.4. The SMILES string of the molecule is CCn1c(O)c(C(=C2C=NN=C2)c2cccc(-c3cc(F)cc(F)c3)c2)sc1=O. The molecule has 0 spiro atoms. The standard InChI is InChI=1S/C21H15F2N3O2S/c1-2-26-20(27)19(29-21(26)28)18(15-10-24-25-11-15)13-5-3-4-12(6-13)14-7-16(22)9-17(23)8-14/h3-11,27H,2H2,1H3. The summed E-state index contributed by atoms with van der Waals surface area (Å²) >= 11 is 0.918. The number of benzene rings is 2. The predicted molar refractivity (Wildman–Crippen MR) is 111 cm³/mol. The van der Waals surface area contributed by atoms with Gasteiger partial charge in [-0.15, -0.1) is 0 Å². The fourth-order valence-corrected chi connectivity index (χ4v) is 4.24. The van der Waals surface area contributed by atoms with E-state index in [4.69, 9.17) is 0 Å². The van der Waals surface area contributed by atoms with Gasteiger partial charge in [0.25, 0.3) is 0 Å². The molecule has 0 unspecified atom stereocenters. The highest BCUT2D eigenvalue weighted by atomic mass is 32.1. The smallest absolute Gasteiger partial charge is 0.310 e. The minimum atomic E-state index is -0.671. The van der Waals surface area contributed by atoms with E-state index in [2.05, 4.69) is 10.2 Å². The van der Waals surface area contributed by atoms with Crippen LogP contribution in [0.3, 0.4) is 0 Å². The predicted octanol–water partition coefficient (Wildman–Crippen LogP) is 4.45. The lowest BCUT2D eigenvalue weighted by molar-refractivity contribution is 0.417. The summed E-state index contributed by atoms with van der Waals surface area (Å²) in [6.45, 7) is 2.09. The second-order valence-corrected chi connectivity index (χ2v) is 7.28. The summed E-state index contributed by atoms with van der Waals surface area (Å²) < 4.78 is 28.6. The molecule has 146 valence electrons. The third-order valence-corrected chi connectivity index (χ3v) is 5.49. The number of aromatic hydroxyl groups is 1. The molecule has 2 heterocycles. The van der Waals surface area contributed by atoms with Crippen LogP contribution in [0.1, 0.15) is 17.4 Å². The number of hydrogen-bond acceptors (Lipinski definition) is 5. The third-order valence-electron chi connectivity index (χ3n) is 4.51. The van der Waals surface area contributed by atoms with Crippen molar-refractivity contribution in [3.63, 3.8) is 0 Å². The molecule has 0 aliphatic carbocycles. The van der Waals surface area contributed by atoms with Gasteiger partial charge in [0.05, 0.1) is 12.4 Å². The number of hydrogen-bond donors (Lipinski definition) is 1. The van der Waals surface area contributed by atoms with Crippen LogP contribution in [0, 0.1) is 11.6 Å².